The van der Waals surface area contributed by atoms with E-state index < -0.39 is 65.8 Å². The number of ether oxygens (including phenoxy) is 5. The highest BCUT2D eigenvalue weighted by molar-refractivity contribution is 7.55. The van der Waals surface area contributed by atoms with Gasteiger partial charge in [-0.1, -0.05) is 90.0 Å². The van der Waals surface area contributed by atoms with E-state index in [1.807, 2.05) is 113 Å². The Bertz CT molecular complexity index is 6980. The molecule has 5 atom stereocenters. The Morgan fingerprint density at radius 1 is 0.311 bits per heavy atom. The van der Waals surface area contributed by atoms with Gasteiger partial charge in [-0.15, -0.1) is 0 Å². The zero-order valence-electron chi connectivity index (χ0n) is 72.7. The minimum absolute atomic E-state index is 0.0116. The zero-order valence-corrected chi connectivity index (χ0v) is 77.2. The first-order valence-electron chi connectivity index (χ1n) is 41.2. The first kappa shape index (κ1) is 94.8. The molecule has 0 amide bonds. The van der Waals surface area contributed by atoms with E-state index in [1.165, 1.54) is 31.6 Å². The second kappa shape index (κ2) is 40.4. The lowest BCUT2D eigenvalue weighted by molar-refractivity contribution is 0.132. The molecule has 135 heavy (non-hydrogen) atoms. The van der Waals surface area contributed by atoms with E-state index in [2.05, 4.69) is 74.8 Å². The lowest BCUT2D eigenvalue weighted by Gasteiger charge is -2.26. The molecule has 55 heteroatoms. The van der Waals surface area contributed by atoms with Gasteiger partial charge in [0.2, 0.25) is 29.7 Å². The third kappa shape index (κ3) is 22.5. The van der Waals surface area contributed by atoms with Crippen molar-refractivity contribution in [1.29, 1.82) is 0 Å². The molecule has 50 nitrogen and oxygen atoms in total. The summed E-state index contributed by atoms with van der Waals surface area (Å²) in [5.74, 6) is 2.94. The summed E-state index contributed by atoms with van der Waals surface area (Å²) in [5, 5.41) is 0. The molecule has 0 radical (unpaired) electrons. The molecule has 710 valence electrons. The van der Waals surface area contributed by atoms with Crippen LogP contribution in [0.5, 0.6) is 28.7 Å². The van der Waals surface area contributed by atoms with Gasteiger partial charge in [0.05, 0.1) is 97.7 Å². The summed E-state index contributed by atoms with van der Waals surface area (Å²) in [4.78, 5) is 111. The molecular formula is C80H90N25O25P5. The SMILES string of the molecule is Cc1ccc2c(c1)COP(=O)(COCCn1cnc3c(=O)[nH]c(N)nc31)O2.Cc1ccc2c(c1)COP(=O)(COCCn1cnc3c(=O)[nH]c(N)nc31)O2.Cc1cccc2c1OP(=O)(COCCn1cnc3c(=O)[nH]c(N)nc31)OC2.Cc1cccc2c1OP(=O)(COCCn1cnc3c(=O)[nH]c(N)nc31)OC2.Cc1cccc2c1OP(=O)(COCCn1cnc3c(=O)[nH]c(N)nc31)OC2. The summed E-state index contributed by atoms with van der Waals surface area (Å²) in [6, 6.07) is 28.2. The van der Waals surface area contributed by atoms with Crippen molar-refractivity contribution in [2.24, 2.45) is 0 Å². The van der Waals surface area contributed by atoms with Gasteiger partial charge in [-0.2, -0.15) is 24.9 Å². The van der Waals surface area contributed by atoms with Crippen molar-refractivity contribution in [3.05, 3.63) is 230 Å². The van der Waals surface area contributed by atoms with Crippen molar-refractivity contribution < 1.29 is 91.7 Å². The molecule has 20 rings (SSSR count). The Labute approximate surface area is 761 Å². The van der Waals surface area contributed by atoms with E-state index in [-0.39, 0.29) is 155 Å². The summed E-state index contributed by atoms with van der Waals surface area (Å²) < 4.78 is 154. The quantitative estimate of drug-likeness (QED) is 0.0188. The second-order valence-electron chi connectivity index (χ2n) is 30.8. The second-order valence-corrected chi connectivity index (χ2v) is 40.4. The van der Waals surface area contributed by atoms with Crippen LogP contribution >= 0.6 is 38.0 Å². The van der Waals surface area contributed by atoms with E-state index in [0.29, 0.717) is 89.7 Å². The molecule has 5 aliphatic heterocycles. The van der Waals surface area contributed by atoms with E-state index in [0.717, 1.165) is 55.6 Å². The molecule has 5 aromatic carbocycles. The summed E-state index contributed by atoms with van der Waals surface area (Å²) in [6.45, 7) is 13.5. The number of nitrogens with zero attached hydrogens (tertiary/aromatic N) is 15. The molecule has 15 N–H and O–H groups in total. The monoisotopic (exact) mass is 1960 g/mol. The van der Waals surface area contributed by atoms with Gasteiger partial charge in [-0.25, -0.2) is 47.7 Å². The standard InChI is InChI=1S/5C16H18N5O5P/c2*1-10-2-3-12-11(6-10)7-25-27(23,26-12)9-24-5-4-21-8-18-13-14(21)19-16(17)20-15(13)22;3*1-10-3-2-4-11-7-25-27(23,26-13(10)11)9-24-6-5-21-8-18-12-14(21)19-16(17)20-15(12)22/h2*2-3,6,8H,4-5,7,9H2,1H3,(H3,17,19,20,22);3*2-4,8H,5-7,9H2,1H3,(H3,17,19,20,22). The van der Waals surface area contributed by atoms with Crippen LogP contribution in [-0.2, 0) is 135 Å². The highest BCUT2D eigenvalue weighted by atomic mass is 31.2. The van der Waals surface area contributed by atoms with E-state index in [4.69, 9.17) is 97.6 Å². The van der Waals surface area contributed by atoms with Gasteiger partial charge >= 0.3 is 38.0 Å². The smallest absolute Gasteiger partial charge is 0.405 e. The van der Waals surface area contributed by atoms with Gasteiger partial charge in [0, 0.05) is 60.5 Å². The number of benzene rings is 5. The number of imidazole rings is 5. The predicted molar refractivity (Wildman–Crippen MR) is 488 cm³/mol. The number of rotatable bonds is 25. The number of hydrogen-bond acceptors (Lipinski definition) is 40. The van der Waals surface area contributed by atoms with Crippen LogP contribution in [-0.4, -0.2) is 162 Å². The Hall–Kier alpha value is -13.4. The minimum Gasteiger partial charge on any atom is -0.422 e. The van der Waals surface area contributed by atoms with E-state index in [1.54, 1.807) is 35.0 Å². The number of fused-ring (bicyclic) bond motifs is 10. The van der Waals surface area contributed by atoms with Crippen LogP contribution in [0.2, 0.25) is 0 Å². The number of aryl methyl sites for hydroxylation is 5. The number of para-hydroxylation sites is 3. The lowest BCUT2D eigenvalue weighted by atomic mass is 10.1. The molecule has 5 unspecified atom stereocenters. The van der Waals surface area contributed by atoms with Crippen LogP contribution in [0.3, 0.4) is 0 Å². The number of nitrogens with two attached hydrogens (primary N) is 5. The van der Waals surface area contributed by atoms with Crippen molar-refractivity contribution in [2.45, 2.75) is 100 Å². The fourth-order valence-corrected chi connectivity index (χ4v) is 21.0. The Morgan fingerprint density at radius 3 is 0.770 bits per heavy atom. The average Bonchev–Trinajstić information content (AvgIpc) is 1.78. The maximum atomic E-state index is 12.7. The minimum atomic E-state index is -3.38. The van der Waals surface area contributed by atoms with Crippen molar-refractivity contribution in [1.82, 2.24) is 97.6 Å². The molecule has 0 saturated heterocycles. The molecule has 0 spiro atoms. The summed E-state index contributed by atoms with van der Waals surface area (Å²) in [5.41, 5.74) is 37.8. The normalized spacial score (nSPS) is 19.0. The largest absolute Gasteiger partial charge is 0.422 e. The number of nitrogens with one attached hydrogen (secondary N) is 5. The first-order valence-corrected chi connectivity index (χ1v) is 49.9. The fourth-order valence-electron chi connectivity index (χ4n) is 14.1. The van der Waals surface area contributed by atoms with Crippen LogP contribution in [0.15, 0.2) is 147 Å². The van der Waals surface area contributed by atoms with Crippen molar-refractivity contribution in [3.8, 4) is 28.7 Å². The molecule has 0 bridgehead atoms. The Kier molecular flexibility index (Phi) is 28.4. The summed E-state index contributed by atoms with van der Waals surface area (Å²) in [6.07, 6.45) is 6.50. The number of nitrogen functional groups attached to an aromatic ring is 5. The van der Waals surface area contributed by atoms with Crippen LogP contribution in [0.1, 0.15) is 55.6 Å². The van der Waals surface area contributed by atoms with Crippen LogP contribution < -0.4 is 79.1 Å². The molecule has 10 aromatic heterocycles. The molecule has 0 saturated carbocycles. The number of anilines is 5. The lowest BCUT2D eigenvalue weighted by Crippen LogP contribution is -2.15. The first-order chi connectivity index (χ1) is 64.7. The third-order valence-corrected chi connectivity index (χ3v) is 28.1. The number of H-pyrrole nitrogens is 5. The number of aromatic amines is 5. The van der Waals surface area contributed by atoms with Crippen molar-refractivity contribution in [3.63, 3.8) is 0 Å². The van der Waals surface area contributed by atoms with Gasteiger partial charge in [-0.3, -0.25) is 71.5 Å². The van der Waals surface area contributed by atoms with Gasteiger partial charge in [0.25, 0.3) is 27.8 Å². The van der Waals surface area contributed by atoms with Crippen LogP contribution in [0, 0.1) is 34.6 Å². The van der Waals surface area contributed by atoms with Gasteiger partial charge in [0.15, 0.2) is 87.6 Å². The Morgan fingerprint density at radius 2 is 0.533 bits per heavy atom. The average molecular weight is 1960 g/mol. The maximum Gasteiger partial charge on any atom is 0.405 e. The molecule has 15 heterocycles. The highest BCUT2D eigenvalue weighted by Gasteiger charge is 2.38. The van der Waals surface area contributed by atoms with E-state index in [9.17, 15) is 46.8 Å². The van der Waals surface area contributed by atoms with Crippen LogP contribution in [0.4, 0.5) is 29.7 Å². The maximum absolute atomic E-state index is 12.7. The zero-order chi connectivity index (χ0) is 95.1. The number of aromatic nitrogens is 20. The predicted octanol–water partition coefficient (Wildman–Crippen LogP) is 8.93. The van der Waals surface area contributed by atoms with Crippen LogP contribution in [0.25, 0.3) is 55.8 Å². The molecule has 0 aliphatic carbocycles. The van der Waals surface area contributed by atoms with Gasteiger partial charge in [0.1, 0.15) is 28.7 Å². The molecule has 0 fully saturated rings. The van der Waals surface area contributed by atoms with E-state index >= 15 is 0 Å². The van der Waals surface area contributed by atoms with Crippen molar-refractivity contribution >= 4 is 124 Å². The molecular weight excluding hydrogens is 1870 g/mol. The van der Waals surface area contributed by atoms with Gasteiger partial charge < -0.3 is 97.8 Å². The Balaban J connectivity index is 0.000000123. The van der Waals surface area contributed by atoms with Gasteiger partial charge in [-0.05, 0) is 63.4 Å². The summed E-state index contributed by atoms with van der Waals surface area (Å²) >= 11 is 0. The summed E-state index contributed by atoms with van der Waals surface area (Å²) in [7, 11) is -16.9. The third-order valence-electron chi connectivity index (χ3n) is 20.7. The molecule has 5 aliphatic rings. The van der Waals surface area contributed by atoms with Crippen molar-refractivity contribution in [2.75, 3.05) is 93.4 Å². The number of hydrogen-bond donors (Lipinski definition) is 10. The topological polar surface area (TPSA) is 672 Å². The molecule has 15 aromatic rings. The fraction of sp³-hybridized carbons (Fsp3) is 0.312. The highest BCUT2D eigenvalue weighted by Crippen LogP contribution is 2.58.